The van der Waals surface area contributed by atoms with E-state index < -0.39 is 0 Å². The van der Waals surface area contributed by atoms with Crippen LogP contribution in [0.3, 0.4) is 0 Å². The fraction of sp³-hybridized carbons (Fsp3) is 0.407. The number of nitrogens with one attached hydrogen (secondary N) is 1. The van der Waals surface area contributed by atoms with Crippen LogP contribution < -0.4 is 15.6 Å². The molecule has 1 N–H and O–H groups in total. The van der Waals surface area contributed by atoms with Crippen molar-refractivity contribution in [2.24, 2.45) is 0 Å². The van der Waals surface area contributed by atoms with Gasteiger partial charge in [-0.1, -0.05) is 19.1 Å². The first-order chi connectivity index (χ1) is 15.9. The number of ether oxygens (including phenoxy) is 1. The summed E-state index contributed by atoms with van der Waals surface area (Å²) < 4.78 is 7.57. The average Bonchev–Trinajstić information content (AvgIpc) is 2.78. The van der Waals surface area contributed by atoms with Crippen LogP contribution in [0.5, 0.6) is 5.75 Å². The molecule has 2 aromatic carbocycles. The molecule has 0 unspecified atom stereocenters. The first-order valence-corrected chi connectivity index (χ1v) is 11.8. The summed E-state index contributed by atoms with van der Waals surface area (Å²) in [5.74, 6) is 0.603. The van der Waals surface area contributed by atoms with Gasteiger partial charge in [-0.3, -0.25) is 14.2 Å². The number of benzene rings is 2. The van der Waals surface area contributed by atoms with Gasteiger partial charge in [0.25, 0.3) is 11.5 Å². The molecule has 1 amide bonds. The van der Waals surface area contributed by atoms with E-state index in [0.29, 0.717) is 23.3 Å². The number of hydrogen-bond acceptors (Lipinski definition) is 4. The molecule has 1 saturated carbocycles. The molecule has 1 heterocycles. The van der Waals surface area contributed by atoms with Crippen molar-refractivity contribution in [2.75, 3.05) is 26.7 Å². The minimum atomic E-state index is -0.119. The molecule has 1 fully saturated rings. The van der Waals surface area contributed by atoms with Gasteiger partial charge in [-0.05, 0) is 87.5 Å². The molecule has 1 aromatic heterocycles. The summed E-state index contributed by atoms with van der Waals surface area (Å²) in [5, 5.41) is 4.60. The number of carbonyl (C=O) groups is 1. The summed E-state index contributed by atoms with van der Waals surface area (Å²) in [7, 11) is 2.05. The largest absolute Gasteiger partial charge is 0.492 e. The maximum Gasteiger partial charge on any atom is 0.263 e. The van der Waals surface area contributed by atoms with Gasteiger partial charge in [0.1, 0.15) is 12.4 Å². The van der Waals surface area contributed by atoms with Gasteiger partial charge in [-0.25, -0.2) is 0 Å². The van der Waals surface area contributed by atoms with Gasteiger partial charge in [-0.15, -0.1) is 0 Å². The fourth-order valence-corrected chi connectivity index (χ4v) is 4.07. The molecular weight excluding hydrogens is 414 g/mol. The van der Waals surface area contributed by atoms with Crippen molar-refractivity contribution in [3.05, 3.63) is 69.6 Å². The minimum Gasteiger partial charge on any atom is -0.492 e. The number of amides is 1. The predicted molar refractivity (Wildman–Crippen MR) is 133 cm³/mol. The lowest BCUT2D eigenvalue weighted by Crippen LogP contribution is -2.39. The van der Waals surface area contributed by atoms with Gasteiger partial charge in [-0.2, -0.15) is 0 Å². The SMILES string of the molecule is CCN(C)CCOc1ccc2c(C)cn(-c3cc(C(=O)NC4CCC4)ccc3C)c(=O)c2c1. The molecule has 0 spiro atoms. The summed E-state index contributed by atoms with van der Waals surface area (Å²) in [6.07, 6.45) is 5.09. The summed E-state index contributed by atoms with van der Waals surface area (Å²) in [4.78, 5) is 28.4. The summed E-state index contributed by atoms with van der Waals surface area (Å²) >= 11 is 0. The van der Waals surface area contributed by atoms with E-state index in [0.717, 1.165) is 54.6 Å². The van der Waals surface area contributed by atoms with Gasteiger partial charge < -0.3 is 15.0 Å². The Labute approximate surface area is 195 Å². The van der Waals surface area contributed by atoms with E-state index in [9.17, 15) is 9.59 Å². The number of fused-ring (bicyclic) bond motifs is 1. The lowest BCUT2D eigenvalue weighted by molar-refractivity contribution is 0.0917. The summed E-state index contributed by atoms with van der Waals surface area (Å²) in [5.41, 5.74) is 3.11. The van der Waals surface area contributed by atoms with E-state index in [1.54, 1.807) is 4.57 Å². The highest BCUT2D eigenvalue weighted by atomic mass is 16.5. The van der Waals surface area contributed by atoms with Crippen molar-refractivity contribution in [1.82, 2.24) is 14.8 Å². The molecule has 6 nitrogen and oxygen atoms in total. The van der Waals surface area contributed by atoms with Gasteiger partial charge in [0, 0.05) is 24.3 Å². The van der Waals surface area contributed by atoms with Crippen LogP contribution in [0.4, 0.5) is 0 Å². The Bertz CT molecular complexity index is 1230. The average molecular weight is 448 g/mol. The number of aryl methyl sites for hydroxylation is 2. The Morgan fingerprint density at radius 2 is 1.91 bits per heavy atom. The number of likely N-dealkylation sites (N-methyl/N-ethyl adjacent to an activating group) is 1. The lowest BCUT2D eigenvalue weighted by atomic mass is 9.93. The highest BCUT2D eigenvalue weighted by Gasteiger charge is 2.21. The molecule has 0 aliphatic heterocycles. The quantitative estimate of drug-likeness (QED) is 0.562. The number of aromatic nitrogens is 1. The van der Waals surface area contributed by atoms with Crippen molar-refractivity contribution < 1.29 is 9.53 Å². The molecule has 33 heavy (non-hydrogen) atoms. The van der Waals surface area contributed by atoms with Crippen molar-refractivity contribution >= 4 is 16.7 Å². The van der Waals surface area contributed by atoms with Crippen LogP contribution in [0, 0.1) is 13.8 Å². The van der Waals surface area contributed by atoms with Crippen molar-refractivity contribution in [2.45, 2.75) is 46.1 Å². The Morgan fingerprint density at radius 1 is 1.12 bits per heavy atom. The molecule has 0 atom stereocenters. The van der Waals surface area contributed by atoms with Crippen LogP contribution in [0.1, 0.15) is 47.7 Å². The van der Waals surface area contributed by atoms with E-state index in [1.165, 1.54) is 0 Å². The molecule has 6 heteroatoms. The zero-order chi connectivity index (χ0) is 23.5. The Balaban J connectivity index is 1.68. The summed E-state index contributed by atoms with van der Waals surface area (Å²) in [6.45, 7) is 8.40. The van der Waals surface area contributed by atoms with Gasteiger partial charge in [0.05, 0.1) is 11.1 Å². The second-order valence-electron chi connectivity index (χ2n) is 9.04. The molecule has 0 bridgehead atoms. The number of hydrogen-bond donors (Lipinski definition) is 1. The molecule has 4 rings (SSSR count). The van der Waals surface area contributed by atoms with E-state index in [2.05, 4.69) is 24.2 Å². The Hall–Kier alpha value is -3.12. The van der Waals surface area contributed by atoms with E-state index in [1.807, 2.05) is 56.4 Å². The highest BCUT2D eigenvalue weighted by molar-refractivity contribution is 5.95. The zero-order valence-electron chi connectivity index (χ0n) is 20.0. The molecule has 174 valence electrons. The van der Waals surface area contributed by atoms with Crippen LogP contribution in [0.2, 0.25) is 0 Å². The Morgan fingerprint density at radius 3 is 2.61 bits per heavy atom. The third-order valence-electron chi connectivity index (χ3n) is 6.64. The van der Waals surface area contributed by atoms with E-state index in [-0.39, 0.29) is 17.5 Å². The molecule has 1 aliphatic rings. The molecule has 0 saturated heterocycles. The third-order valence-corrected chi connectivity index (χ3v) is 6.64. The first kappa shape index (κ1) is 23.1. The zero-order valence-corrected chi connectivity index (χ0v) is 20.0. The molecule has 3 aromatic rings. The smallest absolute Gasteiger partial charge is 0.263 e. The van der Waals surface area contributed by atoms with Crippen molar-refractivity contribution in [1.29, 1.82) is 0 Å². The maximum absolute atomic E-state index is 13.5. The van der Waals surface area contributed by atoms with Crippen LogP contribution in [-0.2, 0) is 0 Å². The van der Waals surface area contributed by atoms with Gasteiger partial charge in [0.2, 0.25) is 0 Å². The van der Waals surface area contributed by atoms with Crippen molar-refractivity contribution in [3.63, 3.8) is 0 Å². The van der Waals surface area contributed by atoms with Crippen LogP contribution in [-0.4, -0.2) is 48.2 Å². The number of rotatable bonds is 8. The lowest BCUT2D eigenvalue weighted by Gasteiger charge is -2.26. The normalized spacial score (nSPS) is 13.8. The molecule has 0 radical (unpaired) electrons. The minimum absolute atomic E-state index is 0.0840. The van der Waals surface area contributed by atoms with Gasteiger partial charge in [0.15, 0.2) is 0 Å². The Kier molecular flexibility index (Phi) is 6.84. The maximum atomic E-state index is 13.5. The first-order valence-electron chi connectivity index (χ1n) is 11.8. The second kappa shape index (κ2) is 9.79. The predicted octanol–water partition coefficient (Wildman–Crippen LogP) is 4.22. The van der Waals surface area contributed by atoms with Crippen LogP contribution in [0.15, 0.2) is 47.4 Å². The van der Waals surface area contributed by atoms with Crippen LogP contribution in [0.25, 0.3) is 16.5 Å². The highest BCUT2D eigenvalue weighted by Crippen LogP contribution is 2.24. The number of nitrogens with zero attached hydrogens (tertiary/aromatic N) is 2. The topological polar surface area (TPSA) is 63.6 Å². The van der Waals surface area contributed by atoms with E-state index >= 15 is 0 Å². The van der Waals surface area contributed by atoms with Crippen LogP contribution >= 0.6 is 0 Å². The molecular formula is C27H33N3O3. The standard InChI is InChI=1S/C27H33N3O3/c1-5-29(4)13-14-33-22-11-12-23-19(3)17-30(27(32)24(23)16-22)25-15-20(10-9-18(25)2)26(31)28-21-7-6-8-21/h9-12,15-17,21H,5-8,13-14H2,1-4H3,(H,28,31). The molecule has 1 aliphatic carbocycles. The van der Waals surface area contributed by atoms with Gasteiger partial charge >= 0.3 is 0 Å². The van der Waals surface area contributed by atoms with Crippen molar-refractivity contribution in [3.8, 4) is 11.4 Å². The van der Waals surface area contributed by atoms with E-state index in [4.69, 9.17) is 4.74 Å². The second-order valence-corrected chi connectivity index (χ2v) is 9.04. The number of carbonyl (C=O) groups excluding carboxylic acids is 1. The monoisotopic (exact) mass is 447 g/mol. The fourth-order valence-electron chi connectivity index (χ4n) is 4.07. The summed E-state index contributed by atoms with van der Waals surface area (Å²) in [6, 6.07) is 11.5. The number of pyridine rings is 1. The third kappa shape index (κ3) is 4.96.